The summed E-state index contributed by atoms with van der Waals surface area (Å²) in [5, 5.41) is 13.7. The minimum absolute atomic E-state index is 0.125. The van der Waals surface area contributed by atoms with Crippen molar-refractivity contribution in [2.75, 3.05) is 25.0 Å². The summed E-state index contributed by atoms with van der Waals surface area (Å²) in [6.45, 7) is 12.3. The number of allylic oxidation sites excluding steroid dienone is 3. The lowest BCUT2D eigenvalue weighted by molar-refractivity contribution is -0.419. The van der Waals surface area contributed by atoms with Crippen LogP contribution in [0.2, 0.25) is 0 Å². The lowest BCUT2D eigenvalue weighted by Crippen LogP contribution is -2.54. The van der Waals surface area contributed by atoms with E-state index in [9.17, 15) is 28.1 Å². The average Bonchev–Trinajstić information content (AvgIpc) is 2.77. The highest BCUT2D eigenvalue weighted by Crippen LogP contribution is 2.30. The third kappa shape index (κ3) is 7.81. The number of alkyl halides is 3. The van der Waals surface area contributed by atoms with Gasteiger partial charge in [-0.25, -0.2) is 4.79 Å². The van der Waals surface area contributed by atoms with Crippen LogP contribution in [0, 0.1) is 10.1 Å². The predicted octanol–water partition coefficient (Wildman–Crippen LogP) is 6.09. The second-order valence-corrected chi connectivity index (χ2v) is 7.31. The first-order chi connectivity index (χ1) is 15.4. The standard InChI is InChI=1S/C20H22ClF3N4O3.C2H6/c1-4-17(28(30)31)11-18(21)14(3)26-9-10-27(13(2)12-26)19(29)25-16-7-5-15(6-8-16)20(22,23)24;1-2/h4-8,11,13H,3,9-10,12H2,1-2H3,(H,25,29);1-2H3/b17-4+,18-11+;. The van der Waals surface area contributed by atoms with Gasteiger partial charge in [0.05, 0.1) is 15.5 Å². The van der Waals surface area contributed by atoms with Gasteiger partial charge in [-0.1, -0.05) is 32.0 Å². The molecule has 1 atom stereocenters. The van der Waals surface area contributed by atoms with Gasteiger partial charge in [0.25, 0.3) is 5.70 Å². The molecule has 33 heavy (non-hydrogen) atoms. The van der Waals surface area contributed by atoms with Crippen LogP contribution in [-0.2, 0) is 6.18 Å². The number of urea groups is 1. The van der Waals surface area contributed by atoms with Gasteiger partial charge in [-0.15, -0.1) is 0 Å². The second kappa shape index (κ2) is 12.3. The highest BCUT2D eigenvalue weighted by Gasteiger charge is 2.31. The molecular formula is C22H28ClF3N4O3. The molecule has 1 aliphatic rings. The zero-order valence-electron chi connectivity index (χ0n) is 18.9. The molecule has 11 heteroatoms. The fraction of sp³-hybridized carbons (Fsp3) is 0.409. The Bertz CT molecular complexity index is 914. The molecular weight excluding hydrogens is 461 g/mol. The molecule has 2 amide bonds. The second-order valence-electron chi connectivity index (χ2n) is 6.90. The molecule has 0 radical (unpaired) electrons. The molecule has 1 saturated heterocycles. The summed E-state index contributed by atoms with van der Waals surface area (Å²) in [5.41, 5.74) is -0.304. The van der Waals surface area contributed by atoms with E-state index in [0.29, 0.717) is 25.3 Å². The van der Waals surface area contributed by atoms with Crippen molar-refractivity contribution in [3.05, 3.63) is 75.1 Å². The van der Waals surface area contributed by atoms with E-state index in [-0.39, 0.29) is 22.5 Å². The van der Waals surface area contributed by atoms with Gasteiger partial charge in [-0.05, 0) is 44.2 Å². The molecule has 1 N–H and O–H groups in total. The summed E-state index contributed by atoms with van der Waals surface area (Å²) < 4.78 is 38.0. The van der Waals surface area contributed by atoms with Gasteiger partial charge < -0.3 is 15.1 Å². The number of carbonyl (C=O) groups is 1. The van der Waals surface area contributed by atoms with E-state index in [4.69, 9.17) is 11.6 Å². The number of nitro groups is 1. The Balaban J connectivity index is 0.00000265. The van der Waals surface area contributed by atoms with E-state index in [0.717, 1.165) is 12.1 Å². The smallest absolute Gasteiger partial charge is 0.367 e. The van der Waals surface area contributed by atoms with E-state index >= 15 is 0 Å². The number of amides is 2. The number of nitrogens with one attached hydrogen (secondary N) is 1. The highest BCUT2D eigenvalue weighted by atomic mass is 35.5. The van der Waals surface area contributed by atoms with Crippen molar-refractivity contribution in [3.63, 3.8) is 0 Å². The summed E-state index contributed by atoms with van der Waals surface area (Å²) in [7, 11) is 0. The normalized spacial score (nSPS) is 17.2. The van der Waals surface area contributed by atoms with Crippen LogP contribution in [0.5, 0.6) is 0 Å². The zero-order valence-corrected chi connectivity index (χ0v) is 19.7. The Morgan fingerprint density at radius 3 is 2.30 bits per heavy atom. The maximum atomic E-state index is 12.7. The lowest BCUT2D eigenvalue weighted by Gasteiger charge is -2.41. The van der Waals surface area contributed by atoms with Gasteiger partial charge in [-0.3, -0.25) is 10.1 Å². The van der Waals surface area contributed by atoms with Crippen LogP contribution in [0.15, 0.2) is 59.4 Å². The number of hydrogen-bond donors (Lipinski definition) is 1. The van der Waals surface area contributed by atoms with Gasteiger partial charge in [0.15, 0.2) is 0 Å². The molecule has 1 aromatic carbocycles. The first kappa shape index (κ1) is 28.0. The molecule has 0 saturated carbocycles. The highest BCUT2D eigenvalue weighted by molar-refractivity contribution is 6.32. The number of benzene rings is 1. The largest absolute Gasteiger partial charge is 0.416 e. The Labute approximate surface area is 196 Å². The van der Waals surface area contributed by atoms with Crippen LogP contribution in [0.25, 0.3) is 0 Å². The van der Waals surface area contributed by atoms with Crippen LogP contribution >= 0.6 is 11.6 Å². The molecule has 1 heterocycles. The molecule has 1 unspecified atom stereocenters. The minimum Gasteiger partial charge on any atom is -0.367 e. The third-order valence-corrected chi connectivity index (χ3v) is 5.12. The predicted molar refractivity (Wildman–Crippen MR) is 123 cm³/mol. The fourth-order valence-corrected chi connectivity index (χ4v) is 3.28. The lowest BCUT2D eigenvalue weighted by atomic mass is 10.1. The number of halogens is 4. The average molecular weight is 489 g/mol. The van der Waals surface area contributed by atoms with Gasteiger partial charge >= 0.3 is 12.2 Å². The third-order valence-electron chi connectivity index (χ3n) is 4.79. The minimum atomic E-state index is -4.45. The fourth-order valence-electron chi connectivity index (χ4n) is 3.05. The van der Waals surface area contributed by atoms with E-state index in [1.807, 2.05) is 18.7 Å². The van der Waals surface area contributed by atoms with Gasteiger partial charge in [-0.2, -0.15) is 13.2 Å². The molecule has 0 spiro atoms. The Kier molecular flexibility index (Phi) is 10.4. The van der Waals surface area contributed by atoms with Crippen LogP contribution in [-0.4, -0.2) is 46.4 Å². The molecule has 2 rings (SSSR count). The number of piperazine rings is 1. The summed E-state index contributed by atoms with van der Waals surface area (Å²) in [5.74, 6) is 0. The summed E-state index contributed by atoms with van der Waals surface area (Å²) in [6, 6.07) is 3.49. The van der Waals surface area contributed by atoms with Crippen molar-refractivity contribution >= 4 is 23.3 Å². The number of nitrogens with zero attached hydrogens (tertiary/aromatic N) is 3. The molecule has 0 bridgehead atoms. The first-order valence-corrected chi connectivity index (χ1v) is 10.7. The van der Waals surface area contributed by atoms with E-state index in [1.54, 1.807) is 11.8 Å². The maximum Gasteiger partial charge on any atom is 0.416 e. The van der Waals surface area contributed by atoms with Crippen LogP contribution < -0.4 is 5.32 Å². The van der Waals surface area contributed by atoms with Crippen LogP contribution in [0.3, 0.4) is 0 Å². The van der Waals surface area contributed by atoms with Crippen molar-refractivity contribution in [2.45, 2.75) is 39.9 Å². The molecule has 1 fully saturated rings. The molecule has 1 aliphatic heterocycles. The van der Waals surface area contributed by atoms with Crippen molar-refractivity contribution in [3.8, 4) is 0 Å². The number of hydrogen-bond acceptors (Lipinski definition) is 4. The number of anilines is 1. The Morgan fingerprint density at radius 2 is 1.85 bits per heavy atom. The molecule has 182 valence electrons. The van der Waals surface area contributed by atoms with Crippen molar-refractivity contribution in [1.29, 1.82) is 0 Å². The molecule has 0 aliphatic carbocycles. The van der Waals surface area contributed by atoms with Crippen LogP contribution in [0.4, 0.5) is 23.7 Å². The number of carbonyl (C=O) groups excluding carboxylic acids is 1. The van der Waals surface area contributed by atoms with Crippen LogP contribution in [0.1, 0.15) is 33.3 Å². The summed E-state index contributed by atoms with van der Waals surface area (Å²) in [4.78, 5) is 26.3. The monoisotopic (exact) mass is 488 g/mol. The molecule has 1 aromatic rings. The van der Waals surface area contributed by atoms with E-state index in [1.165, 1.54) is 31.2 Å². The van der Waals surface area contributed by atoms with Gasteiger partial charge in [0.1, 0.15) is 0 Å². The maximum absolute atomic E-state index is 12.7. The van der Waals surface area contributed by atoms with Crippen molar-refractivity contribution in [1.82, 2.24) is 9.80 Å². The molecule has 0 aromatic heterocycles. The zero-order chi connectivity index (χ0) is 25.3. The summed E-state index contributed by atoms with van der Waals surface area (Å²) in [6.07, 6.45) is -1.90. The van der Waals surface area contributed by atoms with Crippen molar-refractivity contribution < 1.29 is 22.9 Å². The van der Waals surface area contributed by atoms with Gasteiger partial charge in [0, 0.05) is 43.1 Å². The first-order valence-electron chi connectivity index (χ1n) is 10.3. The molecule has 7 nitrogen and oxygen atoms in total. The van der Waals surface area contributed by atoms with Gasteiger partial charge in [0.2, 0.25) is 0 Å². The SMILES string of the molecule is C=C(/C(Cl)=C\C(=C/C)[N+](=O)[O-])N1CCN(C(=O)Nc2ccc(C(F)(F)F)cc2)C(C)C1.CC. The van der Waals surface area contributed by atoms with E-state index < -0.39 is 22.7 Å². The summed E-state index contributed by atoms with van der Waals surface area (Å²) >= 11 is 6.18. The number of rotatable bonds is 5. The Hall–Kier alpha value is -3.01. The Morgan fingerprint density at radius 1 is 1.27 bits per heavy atom. The van der Waals surface area contributed by atoms with Crippen molar-refractivity contribution in [2.24, 2.45) is 0 Å². The van der Waals surface area contributed by atoms with E-state index in [2.05, 4.69) is 11.9 Å². The topological polar surface area (TPSA) is 78.7 Å². The quantitative estimate of drug-likeness (QED) is 0.309.